The molecule has 0 heterocycles. The highest BCUT2D eigenvalue weighted by molar-refractivity contribution is 6.32. The van der Waals surface area contributed by atoms with E-state index in [1.165, 1.54) is 24.3 Å². The van der Waals surface area contributed by atoms with Crippen molar-refractivity contribution in [3.8, 4) is 11.5 Å². The van der Waals surface area contributed by atoms with Crippen LogP contribution in [-0.4, -0.2) is 75.5 Å². The zero-order valence-electron chi connectivity index (χ0n) is 27.9. The van der Waals surface area contributed by atoms with Crippen molar-refractivity contribution in [1.29, 1.82) is 0 Å². The lowest BCUT2D eigenvalue weighted by molar-refractivity contribution is -0.138. The van der Waals surface area contributed by atoms with Crippen molar-refractivity contribution in [2.75, 3.05) is 33.2 Å². The van der Waals surface area contributed by atoms with Crippen LogP contribution in [0.5, 0.6) is 11.5 Å². The second-order valence-corrected chi connectivity index (χ2v) is 11.8. The summed E-state index contributed by atoms with van der Waals surface area (Å²) in [6.07, 6.45) is 4.61. The second kappa shape index (κ2) is 22.3. The third kappa shape index (κ3) is 15.0. The zero-order valence-corrected chi connectivity index (χ0v) is 29.5. The van der Waals surface area contributed by atoms with Gasteiger partial charge in [-0.25, -0.2) is 24.0 Å². The molecule has 3 rings (SSSR count). The summed E-state index contributed by atoms with van der Waals surface area (Å²) < 4.78 is 42.0. The third-order valence-electron chi connectivity index (χ3n) is 7.26. The van der Waals surface area contributed by atoms with Gasteiger partial charge in [0.25, 0.3) is 0 Å². The Bertz CT molecular complexity index is 1520. The molecule has 13 nitrogen and oxygen atoms in total. The maximum Gasteiger partial charge on any atom is 0.513 e. The Kier molecular flexibility index (Phi) is 17.8. The molecule has 51 heavy (non-hydrogen) atoms. The van der Waals surface area contributed by atoms with E-state index in [1.54, 1.807) is 12.1 Å². The first-order valence-electron chi connectivity index (χ1n) is 16.2. The van der Waals surface area contributed by atoms with Crippen molar-refractivity contribution >= 4 is 53.2 Å². The minimum atomic E-state index is -0.974. The molecule has 0 radical (unpaired) electrons. The van der Waals surface area contributed by atoms with Crippen molar-refractivity contribution in [3.05, 3.63) is 82.9 Å². The molecule has 2 aromatic rings. The van der Waals surface area contributed by atoms with Crippen LogP contribution in [0.3, 0.4) is 0 Å². The van der Waals surface area contributed by atoms with Crippen molar-refractivity contribution in [3.63, 3.8) is 0 Å². The van der Waals surface area contributed by atoms with Crippen LogP contribution in [0.4, 0.5) is 4.79 Å². The summed E-state index contributed by atoms with van der Waals surface area (Å²) in [6, 6.07) is 8.67. The van der Waals surface area contributed by atoms with E-state index >= 15 is 0 Å². The van der Waals surface area contributed by atoms with Crippen LogP contribution in [0.1, 0.15) is 72.1 Å². The van der Waals surface area contributed by atoms with E-state index in [0.717, 1.165) is 12.2 Å². The van der Waals surface area contributed by atoms with Crippen LogP contribution in [0, 0.1) is 0 Å². The number of halogens is 2. The molecular weight excluding hydrogens is 711 g/mol. The maximum absolute atomic E-state index is 12.8. The molecule has 0 aliphatic heterocycles. The molecule has 0 spiro atoms. The summed E-state index contributed by atoms with van der Waals surface area (Å²) in [5.74, 6) is -1.78. The number of esters is 4. The van der Waals surface area contributed by atoms with E-state index in [1.807, 2.05) is 0 Å². The van der Waals surface area contributed by atoms with Crippen molar-refractivity contribution < 1.29 is 61.9 Å². The summed E-state index contributed by atoms with van der Waals surface area (Å²) in [4.78, 5) is 59.5. The quantitative estimate of drug-likeness (QED) is 0.0334. The van der Waals surface area contributed by atoms with Gasteiger partial charge < -0.3 is 37.9 Å². The van der Waals surface area contributed by atoms with E-state index in [9.17, 15) is 24.0 Å². The lowest BCUT2D eigenvalue weighted by Crippen LogP contribution is -2.29. The van der Waals surface area contributed by atoms with Gasteiger partial charge in [-0.2, -0.15) is 0 Å². The van der Waals surface area contributed by atoms with Gasteiger partial charge in [0.05, 0.1) is 47.6 Å². The Balaban J connectivity index is 1.33. The highest BCUT2D eigenvalue weighted by Gasteiger charge is 2.27. The molecule has 276 valence electrons. The molecule has 15 heteroatoms. The van der Waals surface area contributed by atoms with Crippen molar-refractivity contribution in [2.45, 2.75) is 63.6 Å². The van der Waals surface area contributed by atoms with Crippen molar-refractivity contribution in [2.24, 2.45) is 0 Å². The monoisotopic (exact) mass is 750 g/mol. The number of carbonyl (C=O) groups excluding carboxylic acids is 5. The predicted molar refractivity (Wildman–Crippen MR) is 184 cm³/mol. The summed E-state index contributed by atoms with van der Waals surface area (Å²) in [5, 5.41) is 0.232. The number of hydrogen-bond donors (Lipinski definition) is 0. The van der Waals surface area contributed by atoms with Crippen LogP contribution in [0.25, 0.3) is 0 Å². The van der Waals surface area contributed by atoms with Crippen LogP contribution < -0.4 is 9.47 Å². The van der Waals surface area contributed by atoms with E-state index in [-0.39, 0.29) is 65.7 Å². The predicted octanol–water partition coefficient (Wildman–Crippen LogP) is 7.21. The average molecular weight is 752 g/mol. The van der Waals surface area contributed by atoms with Gasteiger partial charge in [-0.05, 0) is 87.8 Å². The second-order valence-electron chi connectivity index (χ2n) is 11.0. The first-order valence-corrected chi connectivity index (χ1v) is 17.0. The molecule has 0 amide bonds. The molecule has 0 bridgehead atoms. The SMILES string of the molecule is C=CC(=O)OCCCCOCOc1ccc(C(=O)OC2CCC(OC(=O)c3ccc(OC(=O)OCCCCOC(=O)C=C)c(Cl)c3)CC2)cc1Cl. The van der Waals surface area contributed by atoms with E-state index in [4.69, 9.17) is 61.1 Å². The number of ether oxygens (including phenoxy) is 8. The summed E-state index contributed by atoms with van der Waals surface area (Å²) in [5.41, 5.74) is 0.431. The van der Waals surface area contributed by atoms with Gasteiger partial charge in [-0.15, -0.1) is 0 Å². The van der Waals surface area contributed by atoms with Gasteiger partial charge in [0, 0.05) is 12.2 Å². The van der Waals surface area contributed by atoms with Crippen LogP contribution in [0.2, 0.25) is 10.0 Å². The minimum Gasteiger partial charge on any atom is -0.466 e. The van der Waals surface area contributed by atoms with E-state index < -0.39 is 30.0 Å². The fourth-order valence-corrected chi connectivity index (χ4v) is 5.03. The molecule has 1 saturated carbocycles. The van der Waals surface area contributed by atoms with Gasteiger partial charge in [0.2, 0.25) is 0 Å². The standard InChI is InChI=1S/C36H40Cl2O13/c1-3-32(39)45-18-6-5-17-44-23-48-30-15-9-24(21-28(30)37)34(41)49-26-11-13-27(14-12-26)50-35(42)25-10-16-31(29(38)22-25)51-36(43)47-20-8-7-19-46-33(40)4-2/h3-4,9-10,15-16,21-22,26-27H,1-2,5-8,11-14,17-20,23H2. The minimum absolute atomic E-state index is 0.00638. The van der Waals surface area contributed by atoms with Gasteiger partial charge in [-0.1, -0.05) is 36.4 Å². The summed E-state index contributed by atoms with van der Waals surface area (Å²) in [7, 11) is 0. The topological polar surface area (TPSA) is 159 Å². The summed E-state index contributed by atoms with van der Waals surface area (Å²) >= 11 is 12.5. The number of carbonyl (C=O) groups is 5. The number of unbranched alkanes of at least 4 members (excludes halogenated alkanes) is 2. The van der Waals surface area contributed by atoms with Crippen LogP contribution >= 0.6 is 23.2 Å². The Morgan fingerprint density at radius 3 is 1.57 bits per heavy atom. The molecule has 0 unspecified atom stereocenters. The molecule has 1 aliphatic carbocycles. The van der Waals surface area contributed by atoms with Crippen LogP contribution in [0.15, 0.2) is 61.7 Å². The highest BCUT2D eigenvalue weighted by Crippen LogP contribution is 2.30. The fraction of sp³-hybridized carbons (Fsp3) is 0.417. The molecule has 2 aromatic carbocycles. The number of hydrogen-bond acceptors (Lipinski definition) is 13. The van der Waals surface area contributed by atoms with Crippen LogP contribution in [-0.2, 0) is 38.0 Å². The zero-order chi connectivity index (χ0) is 37.0. The smallest absolute Gasteiger partial charge is 0.466 e. The largest absolute Gasteiger partial charge is 0.513 e. The Labute approximate surface area is 305 Å². The molecule has 0 atom stereocenters. The molecule has 0 N–H and O–H groups in total. The van der Waals surface area contributed by atoms with E-state index in [2.05, 4.69) is 13.2 Å². The Morgan fingerprint density at radius 1 is 0.647 bits per heavy atom. The maximum atomic E-state index is 12.8. The Hall–Kier alpha value is -4.59. The number of benzene rings is 2. The number of rotatable bonds is 20. The van der Waals surface area contributed by atoms with Gasteiger partial charge in [0.1, 0.15) is 18.0 Å². The average Bonchev–Trinajstić information content (AvgIpc) is 3.12. The molecular formula is C36H40Cl2O13. The lowest BCUT2D eigenvalue weighted by Gasteiger charge is -2.28. The van der Waals surface area contributed by atoms with Gasteiger partial charge in [-0.3, -0.25) is 0 Å². The molecule has 1 aliphatic rings. The van der Waals surface area contributed by atoms with Gasteiger partial charge >= 0.3 is 30.0 Å². The fourth-order valence-electron chi connectivity index (χ4n) is 4.57. The highest BCUT2D eigenvalue weighted by atomic mass is 35.5. The first kappa shape index (κ1) is 40.8. The molecule has 0 saturated heterocycles. The van der Waals surface area contributed by atoms with E-state index in [0.29, 0.717) is 63.7 Å². The Morgan fingerprint density at radius 2 is 1.10 bits per heavy atom. The third-order valence-corrected chi connectivity index (χ3v) is 7.85. The molecule has 1 fully saturated rings. The lowest BCUT2D eigenvalue weighted by atomic mass is 9.95. The summed E-state index contributed by atoms with van der Waals surface area (Å²) in [6.45, 7) is 7.47. The normalized spacial score (nSPS) is 15.1. The van der Waals surface area contributed by atoms with Crippen molar-refractivity contribution in [1.82, 2.24) is 0 Å². The first-order chi connectivity index (χ1) is 24.6. The molecule has 0 aromatic heterocycles. The van der Waals surface area contributed by atoms with Gasteiger partial charge in [0.15, 0.2) is 12.5 Å².